The minimum Gasteiger partial charge on any atom is -0.496 e. The van der Waals surface area contributed by atoms with Crippen LogP contribution in [0.3, 0.4) is 0 Å². The van der Waals surface area contributed by atoms with Gasteiger partial charge in [-0.25, -0.2) is 8.42 Å². The van der Waals surface area contributed by atoms with E-state index in [0.717, 1.165) is 11.1 Å². The summed E-state index contributed by atoms with van der Waals surface area (Å²) in [6, 6.07) is 11.9. The first-order chi connectivity index (χ1) is 15.4. The zero-order chi connectivity index (χ0) is 22.7. The summed E-state index contributed by atoms with van der Waals surface area (Å²) >= 11 is 0. The third kappa shape index (κ3) is 4.34. The maximum absolute atomic E-state index is 13.3. The van der Waals surface area contributed by atoms with Crippen LogP contribution in [0.2, 0.25) is 0 Å². The lowest BCUT2D eigenvalue weighted by molar-refractivity contribution is 0.0949. The Morgan fingerprint density at radius 2 is 2.03 bits per heavy atom. The Labute approximate surface area is 187 Å². The molecule has 1 aromatic heterocycles. The molecule has 9 heteroatoms. The number of hydrogen-bond acceptors (Lipinski definition) is 5. The van der Waals surface area contributed by atoms with Crippen LogP contribution in [-0.2, 0) is 23.0 Å². The van der Waals surface area contributed by atoms with Crippen molar-refractivity contribution in [2.45, 2.75) is 31.2 Å². The SMILES string of the molecule is COc1ccc(S(=O)(=O)N2CCc3ccccc32)cc1C(=O)NCCCn1cc(C)cn1. The molecule has 1 N–H and O–H groups in total. The average Bonchev–Trinajstić information content (AvgIpc) is 3.42. The van der Waals surface area contributed by atoms with Crippen molar-refractivity contribution in [3.8, 4) is 5.75 Å². The molecular formula is C23H26N4O4S. The fourth-order valence-corrected chi connectivity index (χ4v) is 5.37. The number of hydrogen-bond donors (Lipinski definition) is 1. The summed E-state index contributed by atoms with van der Waals surface area (Å²) < 4.78 is 35.2. The maximum atomic E-state index is 13.3. The van der Waals surface area contributed by atoms with E-state index in [-0.39, 0.29) is 16.4 Å². The first-order valence-electron chi connectivity index (χ1n) is 10.5. The third-order valence-electron chi connectivity index (χ3n) is 5.46. The molecule has 1 aliphatic rings. The van der Waals surface area contributed by atoms with Crippen molar-refractivity contribution in [1.29, 1.82) is 0 Å². The lowest BCUT2D eigenvalue weighted by Gasteiger charge is -2.20. The zero-order valence-electron chi connectivity index (χ0n) is 18.1. The van der Waals surface area contributed by atoms with E-state index < -0.39 is 10.0 Å². The molecule has 32 heavy (non-hydrogen) atoms. The number of benzene rings is 2. The average molecular weight is 455 g/mol. The van der Waals surface area contributed by atoms with Gasteiger partial charge in [0.15, 0.2) is 0 Å². The van der Waals surface area contributed by atoms with Crippen LogP contribution in [-0.4, -0.2) is 44.3 Å². The van der Waals surface area contributed by atoms with Gasteiger partial charge in [-0.3, -0.25) is 13.8 Å². The van der Waals surface area contributed by atoms with E-state index in [1.807, 2.05) is 36.0 Å². The second kappa shape index (κ2) is 9.04. The van der Waals surface area contributed by atoms with Gasteiger partial charge >= 0.3 is 0 Å². The van der Waals surface area contributed by atoms with E-state index in [2.05, 4.69) is 10.4 Å². The number of methoxy groups -OCH3 is 1. The van der Waals surface area contributed by atoms with Crippen LogP contribution < -0.4 is 14.4 Å². The molecule has 0 aliphatic carbocycles. The molecule has 0 saturated carbocycles. The lowest BCUT2D eigenvalue weighted by atomic mass is 10.2. The van der Waals surface area contributed by atoms with Crippen LogP contribution in [0.25, 0.3) is 0 Å². The monoisotopic (exact) mass is 454 g/mol. The number of fused-ring (bicyclic) bond motifs is 1. The highest BCUT2D eigenvalue weighted by atomic mass is 32.2. The van der Waals surface area contributed by atoms with E-state index in [1.165, 1.54) is 29.6 Å². The highest BCUT2D eigenvalue weighted by molar-refractivity contribution is 7.92. The smallest absolute Gasteiger partial charge is 0.264 e. The molecule has 1 amide bonds. The molecule has 3 aromatic rings. The number of ether oxygens (including phenoxy) is 1. The van der Waals surface area contributed by atoms with Crippen molar-refractivity contribution in [3.63, 3.8) is 0 Å². The number of amides is 1. The van der Waals surface area contributed by atoms with Crippen molar-refractivity contribution in [2.24, 2.45) is 0 Å². The predicted molar refractivity (Wildman–Crippen MR) is 122 cm³/mol. The van der Waals surface area contributed by atoms with Crippen LogP contribution in [0.1, 0.15) is 27.9 Å². The maximum Gasteiger partial charge on any atom is 0.264 e. The van der Waals surface area contributed by atoms with Gasteiger partial charge in [0, 0.05) is 25.8 Å². The molecule has 2 aromatic carbocycles. The number of carbonyl (C=O) groups is 1. The fraction of sp³-hybridized carbons (Fsp3) is 0.304. The molecular weight excluding hydrogens is 428 g/mol. The molecule has 2 heterocycles. The topological polar surface area (TPSA) is 93.5 Å². The van der Waals surface area contributed by atoms with Crippen molar-refractivity contribution < 1.29 is 17.9 Å². The summed E-state index contributed by atoms with van der Waals surface area (Å²) in [6.45, 7) is 3.45. The summed E-state index contributed by atoms with van der Waals surface area (Å²) in [5, 5.41) is 7.07. The van der Waals surface area contributed by atoms with Gasteiger partial charge in [0.25, 0.3) is 15.9 Å². The fourth-order valence-electron chi connectivity index (χ4n) is 3.84. The second-order valence-corrected chi connectivity index (χ2v) is 9.57. The number of rotatable bonds is 8. The van der Waals surface area contributed by atoms with E-state index >= 15 is 0 Å². The van der Waals surface area contributed by atoms with Gasteiger partial charge in [-0.1, -0.05) is 18.2 Å². The first-order valence-corrected chi connectivity index (χ1v) is 11.9. The highest BCUT2D eigenvalue weighted by Gasteiger charge is 2.31. The summed E-state index contributed by atoms with van der Waals surface area (Å²) in [5.41, 5.74) is 2.95. The van der Waals surface area contributed by atoms with Gasteiger partial charge in [-0.15, -0.1) is 0 Å². The van der Waals surface area contributed by atoms with Gasteiger partial charge in [0.2, 0.25) is 0 Å². The quantitative estimate of drug-likeness (QED) is 0.529. The number of para-hydroxylation sites is 1. The van der Waals surface area contributed by atoms with E-state index in [1.54, 1.807) is 12.3 Å². The summed E-state index contributed by atoms with van der Waals surface area (Å²) in [5.74, 6) is -0.0525. The number of nitrogens with one attached hydrogen (secondary N) is 1. The van der Waals surface area contributed by atoms with Gasteiger partial charge in [-0.2, -0.15) is 5.10 Å². The first kappa shape index (κ1) is 21.9. The van der Waals surface area contributed by atoms with Crippen LogP contribution >= 0.6 is 0 Å². The lowest BCUT2D eigenvalue weighted by Crippen LogP contribution is -2.30. The molecule has 0 radical (unpaired) electrons. The predicted octanol–water partition coefficient (Wildman–Crippen LogP) is 2.77. The van der Waals surface area contributed by atoms with Crippen LogP contribution in [0, 0.1) is 6.92 Å². The molecule has 0 saturated heterocycles. The van der Waals surface area contributed by atoms with Gasteiger partial charge in [0.1, 0.15) is 5.75 Å². The Kier molecular flexibility index (Phi) is 6.18. The third-order valence-corrected chi connectivity index (χ3v) is 7.27. The second-order valence-electron chi connectivity index (χ2n) is 7.71. The van der Waals surface area contributed by atoms with Gasteiger partial charge < -0.3 is 10.1 Å². The van der Waals surface area contributed by atoms with E-state index in [0.29, 0.717) is 43.9 Å². The molecule has 0 fully saturated rings. The molecule has 8 nitrogen and oxygen atoms in total. The largest absolute Gasteiger partial charge is 0.496 e. The van der Waals surface area contributed by atoms with Crippen LogP contribution in [0.15, 0.2) is 59.8 Å². The number of aryl methyl sites for hydroxylation is 2. The minimum absolute atomic E-state index is 0.0622. The Bertz CT molecular complexity index is 1240. The van der Waals surface area contributed by atoms with Crippen molar-refractivity contribution >= 4 is 21.6 Å². The Morgan fingerprint density at radius 3 is 2.78 bits per heavy atom. The molecule has 0 atom stereocenters. The van der Waals surface area contributed by atoms with E-state index in [4.69, 9.17) is 4.74 Å². The summed E-state index contributed by atoms with van der Waals surface area (Å²) in [6.07, 6.45) is 5.08. The highest BCUT2D eigenvalue weighted by Crippen LogP contribution is 2.33. The summed E-state index contributed by atoms with van der Waals surface area (Å²) in [7, 11) is -2.35. The van der Waals surface area contributed by atoms with Crippen molar-refractivity contribution in [2.75, 3.05) is 24.5 Å². The molecule has 168 valence electrons. The Balaban J connectivity index is 1.50. The number of carbonyl (C=O) groups excluding carboxylic acids is 1. The van der Waals surface area contributed by atoms with Crippen molar-refractivity contribution in [1.82, 2.24) is 15.1 Å². The normalized spacial score (nSPS) is 13.1. The van der Waals surface area contributed by atoms with E-state index in [9.17, 15) is 13.2 Å². The minimum atomic E-state index is -3.81. The standard InChI is InChI=1S/C23H26N4O4S/c1-17-15-25-26(16-17)12-5-11-24-23(28)20-14-19(8-9-22(20)31-2)32(29,30)27-13-10-18-6-3-4-7-21(18)27/h3-4,6-9,14-16H,5,10-13H2,1-2H3,(H,24,28). The van der Waals surface area contributed by atoms with Gasteiger partial charge in [0.05, 0.1) is 29.5 Å². The number of sulfonamides is 1. The van der Waals surface area contributed by atoms with Crippen molar-refractivity contribution in [3.05, 3.63) is 71.5 Å². The number of nitrogens with zero attached hydrogens (tertiary/aromatic N) is 3. The molecule has 4 rings (SSSR count). The van der Waals surface area contributed by atoms with Crippen LogP contribution in [0.4, 0.5) is 5.69 Å². The number of anilines is 1. The Hall–Kier alpha value is -3.33. The Morgan fingerprint density at radius 1 is 1.22 bits per heavy atom. The molecule has 0 bridgehead atoms. The number of aromatic nitrogens is 2. The molecule has 0 spiro atoms. The van der Waals surface area contributed by atoms with Crippen LogP contribution in [0.5, 0.6) is 5.75 Å². The van der Waals surface area contributed by atoms with Gasteiger partial charge in [-0.05, 0) is 55.2 Å². The zero-order valence-corrected chi connectivity index (χ0v) is 18.9. The molecule has 0 unspecified atom stereocenters. The summed E-state index contributed by atoms with van der Waals surface area (Å²) in [4.78, 5) is 12.9. The molecule has 1 aliphatic heterocycles.